The second kappa shape index (κ2) is 9.78. The first-order valence-electron chi connectivity index (χ1n) is 8.26. The Morgan fingerprint density at radius 1 is 1.07 bits per heavy atom. The number of aromatic nitrogens is 1. The minimum absolute atomic E-state index is 0.267. The Hall–Kier alpha value is -2.27. The van der Waals surface area contributed by atoms with Crippen molar-refractivity contribution in [2.45, 2.75) is 37.0 Å². The van der Waals surface area contributed by atoms with Crippen molar-refractivity contribution in [2.24, 2.45) is 0 Å². The number of hydrogen-bond donors (Lipinski definition) is 3. The van der Waals surface area contributed by atoms with Crippen molar-refractivity contribution in [3.05, 3.63) is 59.8 Å². The van der Waals surface area contributed by atoms with E-state index in [0.717, 1.165) is 23.8 Å². The quantitative estimate of drug-likeness (QED) is 0.680. The van der Waals surface area contributed by atoms with Gasteiger partial charge in [0.2, 0.25) is 0 Å². The van der Waals surface area contributed by atoms with Gasteiger partial charge < -0.3 is 20.1 Å². The second-order valence-corrected chi connectivity index (χ2v) is 5.99. The van der Waals surface area contributed by atoms with Crippen LogP contribution >= 0.6 is 0 Å². The molecule has 0 bridgehead atoms. The predicted molar refractivity (Wildman–Crippen MR) is 88.7 cm³/mol. The van der Waals surface area contributed by atoms with Gasteiger partial charge in [-0.2, -0.15) is 13.2 Å². The molecule has 1 saturated heterocycles. The third-order valence-corrected chi connectivity index (χ3v) is 4.01. The van der Waals surface area contributed by atoms with Crippen LogP contribution in [0, 0.1) is 0 Å². The first-order chi connectivity index (χ1) is 13.3. The molecule has 1 aliphatic rings. The van der Waals surface area contributed by atoms with E-state index >= 15 is 0 Å². The van der Waals surface area contributed by atoms with Crippen LogP contribution in [0.4, 0.5) is 17.7 Å². The van der Waals surface area contributed by atoms with Gasteiger partial charge in [-0.25, -0.2) is 4.98 Å². The average molecular weight is 405 g/mol. The molecule has 10 heteroatoms. The Morgan fingerprint density at radius 3 is 2.32 bits per heavy atom. The smallest absolute Gasteiger partial charge is 0.394 e. The molecule has 4 unspecified atom stereocenters. The van der Waals surface area contributed by atoms with Crippen molar-refractivity contribution in [3.8, 4) is 5.88 Å². The molecule has 1 aromatic carbocycles. The highest BCUT2D eigenvalue weighted by molar-refractivity contribution is 5.19. The van der Waals surface area contributed by atoms with Crippen LogP contribution < -0.4 is 4.94 Å². The molecule has 1 aromatic heterocycles. The lowest BCUT2D eigenvalue weighted by Crippen LogP contribution is -2.47. The standard InChI is InChI=1S/C12H16O4.C6H3F4NO/c13-7-11-12(15)9(14)6-10(16-11)8-4-2-1-3-5-8;7-6(8,9)4-2-1-3-5(11-4)12-10/h1-5,9-15H,6-7H2;1-3H. The molecule has 3 N–H and O–H groups in total. The van der Waals surface area contributed by atoms with Crippen molar-refractivity contribution in [2.75, 3.05) is 6.61 Å². The Kier molecular flexibility index (Phi) is 7.69. The summed E-state index contributed by atoms with van der Waals surface area (Å²) in [6, 6.07) is 12.2. The van der Waals surface area contributed by atoms with Gasteiger partial charge in [0, 0.05) is 17.0 Å². The first kappa shape index (κ1) is 22.0. The minimum atomic E-state index is -4.57. The fraction of sp³-hybridized carbons (Fsp3) is 0.389. The maximum atomic E-state index is 11.9. The molecule has 6 nitrogen and oxygen atoms in total. The Labute approximate surface area is 157 Å². The third kappa shape index (κ3) is 5.86. The lowest BCUT2D eigenvalue weighted by molar-refractivity contribution is -0.181. The lowest BCUT2D eigenvalue weighted by Gasteiger charge is -2.36. The minimum Gasteiger partial charge on any atom is -0.394 e. The van der Waals surface area contributed by atoms with E-state index in [2.05, 4.69) is 9.93 Å². The molecular weight excluding hydrogens is 386 g/mol. The lowest BCUT2D eigenvalue weighted by atomic mass is 9.94. The third-order valence-electron chi connectivity index (χ3n) is 4.01. The van der Waals surface area contributed by atoms with Crippen LogP contribution in [0.15, 0.2) is 48.5 Å². The van der Waals surface area contributed by atoms with E-state index in [-0.39, 0.29) is 12.7 Å². The molecule has 2 heterocycles. The summed E-state index contributed by atoms with van der Waals surface area (Å²) >= 11 is 0. The molecule has 0 radical (unpaired) electrons. The number of halogens is 4. The zero-order valence-corrected chi connectivity index (χ0v) is 14.5. The van der Waals surface area contributed by atoms with Crippen molar-refractivity contribution in [1.82, 2.24) is 4.98 Å². The number of aliphatic hydroxyl groups is 3. The topological polar surface area (TPSA) is 92.0 Å². The number of pyridine rings is 1. The number of ether oxygens (including phenoxy) is 1. The average Bonchev–Trinajstić information content (AvgIpc) is 2.70. The van der Waals surface area contributed by atoms with E-state index in [9.17, 15) is 27.9 Å². The number of aliphatic hydroxyl groups excluding tert-OH is 3. The van der Waals surface area contributed by atoms with Crippen molar-refractivity contribution >= 4 is 0 Å². The molecular formula is C18H19F4NO5. The molecule has 1 aliphatic heterocycles. The molecule has 0 saturated carbocycles. The fourth-order valence-electron chi connectivity index (χ4n) is 2.60. The maximum Gasteiger partial charge on any atom is 0.433 e. The largest absolute Gasteiger partial charge is 0.433 e. The summed E-state index contributed by atoms with van der Waals surface area (Å²) < 4.78 is 52.5. The zero-order valence-electron chi connectivity index (χ0n) is 14.5. The molecule has 1 fully saturated rings. The van der Waals surface area contributed by atoms with Gasteiger partial charge >= 0.3 is 6.18 Å². The van der Waals surface area contributed by atoms with Crippen molar-refractivity contribution in [1.29, 1.82) is 0 Å². The molecule has 3 rings (SSSR count). The second-order valence-electron chi connectivity index (χ2n) is 5.99. The van der Waals surface area contributed by atoms with Crippen LogP contribution in [-0.4, -0.2) is 45.2 Å². The van der Waals surface area contributed by atoms with E-state index in [1.165, 1.54) is 0 Å². The van der Waals surface area contributed by atoms with E-state index in [0.29, 0.717) is 6.42 Å². The van der Waals surface area contributed by atoms with Gasteiger partial charge in [-0.05, 0) is 11.6 Å². The highest BCUT2D eigenvalue weighted by Gasteiger charge is 2.36. The molecule has 154 valence electrons. The summed E-state index contributed by atoms with van der Waals surface area (Å²) in [5.74, 6) is -0.704. The van der Waals surface area contributed by atoms with Gasteiger partial charge in [0.05, 0.1) is 18.8 Å². The van der Waals surface area contributed by atoms with E-state index in [1.807, 2.05) is 30.3 Å². The van der Waals surface area contributed by atoms with Crippen LogP contribution in [0.2, 0.25) is 0 Å². The van der Waals surface area contributed by atoms with Gasteiger partial charge in [0.25, 0.3) is 5.88 Å². The maximum absolute atomic E-state index is 11.9. The Bertz CT molecular complexity index is 731. The molecule has 0 amide bonds. The van der Waals surface area contributed by atoms with Gasteiger partial charge in [0.1, 0.15) is 17.9 Å². The van der Waals surface area contributed by atoms with E-state index in [4.69, 9.17) is 9.84 Å². The number of benzene rings is 1. The number of alkyl halides is 3. The van der Waals surface area contributed by atoms with Gasteiger partial charge in [0.15, 0.2) is 0 Å². The normalized spacial score (nSPS) is 24.8. The molecule has 0 spiro atoms. The monoisotopic (exact) mass is 405 g/mol. The van der Waals surface area contributed by atoms with Crippen LogP contribution in [0.5, 0.6) is 5.88 Å². The Morgan fingerprint density at radius 2 is 1.75 bits per heavy atom. The predicted octanol–water partition coefficient (Wildman–Crippen LogP) is 2.59. The summed E-state index contributed by atoms with van der Waals surface area (Å²) in [6.07, 6.45) is -7.07. The summed E-state index contributed by atoms with van der Waals surface area (Å²) in [4.78, 5) is 5.88. The number of rotatable bonds is 3. The van der Waals surface area contributed by atoms with E-state index in [1.54, 1.807) is 0 Å². The van der Waals surface area contributed by atoms with E-state index < -0.39 is 36.1 Å². The van der Waals surface area contributed by atoms with Gasteiger partial charge in [-0.1, -0.05) is 36.4 Å². The van der Waals surface area contributed by atoms with Crippen LogP contribution in [0.3, 0.4) is 0 Å². The number of hydrogen-bond acceptors (Lipinski definition) is 6. The molecule has 0 aliphatic carbocycles. The molecule has 28 heavy (non-hydrogen) atoms. The SMILES string of the molecule is FOc1cccc(C(F)(F)F)n1.OCC1OC(c2ccccc2)CC(O)C1O. The highest BCUT2D eigenvalue weighted by Crippen LogP contribution is 2.31. The Balaban J connectivity index is 0.000000209. The van der Waals surface area contributed by atoms with Crippen LogP contribution in [0.1, 0.15) is 23.8 Å². The summed E-state index contributed by atoms with van der Waals surface area (Å²) in [5, 5.41) is 28.3. The summed E-state index contributed by atoms with van der Waals surface area (Å²) in [5.41, 5.74) is -0.232. The van der Waals surface area contributed by atoms with Crippen molar-refractivity contribution in [3.63, 3.8) is 0 Å². The number of nitrogens with zero attached hydrogens (tertiary/aromatic N) is 1. The zero-order chi connectivity index (χ0) is 20.7. The van der Waals surface area contributed by atoms with Crippen molar-refractivity contribution < 1.29 is 42.7 Å². The first-order valence-corrected chi connectivity index (χ1v) is 8.26. The fourth-order valence-corrected chi connectivity index (χ4v) is 2.60. The van der Waals surface area contributed by atoms with Gasteiger partial charge in [-0.3, -0.25) is 4.94 Å². The summed E-state index contributed by atoms with van der Waals surface area (Å²) in [7, 11) is 0. The van der Waals surface area contributed by atoms with Crippen LogP contribution in [0.25, 0.3) is 0 Å². The molecule has 2 aromatic rings. The van der Waals surface area contributed by atoms with Gasteiger partial charge in [-0.15, -0.1) is 0 Å². The molecule has 4 atom stereocenters. The highest BCUT2D eigenvalue weighted by atomic mass is 19.4. The van der Waals surface area contributed by atoms with Crippen LogP contribution in [-0.2, 0) is 10.9 Å². The summed E-state index contributed by atoms with van der Waals surface area (Å²) in [6.45, 7) is -0.290.